The van der Waals surface area contributed by atoms with Gasteiger partial charge in [-0.05, 0) is 43.7 Å². The van der Waals surface area contributed by atoms with E-state index in [-0.39, 0.29) is 22.3 Å². The molecule has 3 rings (SSSR count). The predicted octanol–water partition coefficient (Wildman–Crippen LogP) is 4.53. The number of carbonyl (C=O) groups is 1. The van der Waals surface area contributed by atoms with Crippen molar-refractivity contribution in [1.82, 2.24) is 4.90 Å². The third-order valence-corrected chi connectivity index (χ3v) is 4.85. The van der Waals surface area contributed by atoms with Gasteiger partial charge in [-0.15, -0.1) is 0 Å². The lowest BCUT2D eigenvalue weighted by molar-refractivity contribution is 0.102. The summed E-state index contributed by atoms with van der Waals surface area (Å²) in [5.74, 6) is 0.280. The quantitative estimate of drug-likeness (QED) is 0.833. The second-order valence-electron chi connectivity index (χ2n) is 6.51. The minimum atomic E-state index is -0.747. The van der Waals surface area contributed by atoms with Crippen molar-refractivity contribution in [2.45, 2.75) is 25.6 Å². The molecule has 1 fully saturated rings. The van der Waals surface area contributed by atoms with Gasteiger partial charge in [-0.2, -0.15) is 0 Å². The Labute approximate surface area is 157 Å². The van der Waals surface area contributed by atoms with Crippen molar-refractivity contribution in [3.63, 3.8) is 0 Å². The summed E-state index contributed by atoms with van der Waals surface area (Å²) in [6.45, 7) is 1.28. The van der Waals surface area contributed by atoms with Crippen molar-refractivity contribution in [3.05, 3.63) is 58.6 Å². The molecular formula is C20H22ClFN2O2. The molecule has 0 aromatic heterocycles. The van der Waals surface area contributed by atoms with Crippen LogP contribution in [-0.2, 0) is 6.67 Å². The number of alkyl halides is 1. The lowest BCUT2D eigenvalue weighted by Gasteiger charge is -2.29. The Morgan fingerprint density at radius 2 is 2.00 bits per heavy atom. The van der Waals surface area contributed by atoms with Crippen LogP contribution in [0.1, 0.15) is 28.8 Å². The Balaban J connectivity index is 1.70. The molecule has 1 aliphatic rings. The highest BCUT2D eigenvalue weighted by Crippen LogP contribution is 2.25. The van der Waals surface area contributed by atoms with Crippen LogP contribution >= 0.6 is 11.6 Å². The normalized spacial score (nSPS) is 15.7. The van der Waals surface area contributed by atoms with E-state index in [2.05, 4.69) is 17.3 Å². The van der Waals surface area contributed by atoms with Crippen molar-refractivity contribution in [3.8, 4) is 5.75 Å². The van der Waals surface area contributed by atoms with Gasteiger partial charge in [-0.3, -0.25) is 4.79 Å². The van der Waals surface area contributed by atoms with Crippen molar-refractivity contribution < 1.29 is 13.9 Å². The zero-order chi connectivity index (χ0) is 18.5. The number of hydrogen-bond donors (Lipinski definition) is 1. The van der Waals surface area contributed by atoms with E-state index in [4.69, 9.17) is 16.3 Å². The minimum Gasteiger partial charge on any atom is -0.490 e. The van der Waals surface area contributed by atoms with Gasteiger partial charge in [0.1, 0.15) is 18.5 Å². The summed E-state index contributed by atoms with van der Waals surface area (Å²) >= 11 is 6.08. The molecule has 1 N–H and O–H groups in total. The molecule has 1 saturated heterocycles. The molecule has 1 aliphatic heterocycles. The van der Waals surface area contributed by atoms with E-state index in [1.165, 1.54) is 0 Å². The number of rotatable bonds is 5. The Hall–Kier alpha value is -2.11. The van der Waals surface area contributed by atoms with Crippen LogP contribution in [0.4, 0.5) is 10.1 Å². The Bertz CT molecular complexity index is 776. The molecule has 26 heavy (non-hydrogen) atoms. The molecular weight excluding hydrogens is 355 g/mol. The van der Waals surface area contributed by atoms with Crippen LogP contribution in [0.5, 0.6) is 5.75 Å². The molecule has 0 aliphatic carbocycles. The molecule has 6 heteroatoms. The number of benzene rings is 2. The molecule has 1 amide bonds. The third-order valence-electron chi connectivity index (χ3n) is 4.53. The minimum absolute atomic E-state index is 0.165. The van der Waals surface area contributed by atoms with Crippen LogP contribution in [0.3, 0.4) is 0 Å². The van der Waals surface area contributed by atoms with E-state index in [9.17, 15) is 9.18 Å². The average molecular weight is 377 g/mol. The van der Waals surface area contributed by atoms with Crippen molar-refractivity contribution >= 4 is 23.2 Å². The number of piperidine rings is 1. The van der Waals surface area contributed by atoms with Gasteiger partial charge in [0.25, 0.3) is 5.91 Å². The second kappa shape index (κ2) is 8.52. The SMILES string of the molecule is CN1CCC(Oc2cccc(NC(=O)c3c(Cl)cccc3CF)c2)CC1. The fraction of sp³-hybridized carbons (Fsp3) is 0.350. The van der Waals surface area contributed by atoms with Gasteiger partial charge in [0.2, 0.25) is 0 Å². The number of carbonyl (C=O) groups excluding carboxylic acids is 1. The van der Waals surface area contributed by atoms with Crippen LogP contribution in [0, 0.1) is 0 Å². The molecule has 4 nitrogen and oxygen atoms in total. The summed E-state index contributed by atoms with van der Waals surface area (Å²) in [5, 5.41) is 3.01. The van der Waals surface area contributed by atoms with Gasteiger partial charge >= 0.3 is 0 Å². The van der Waals surface area contributed by atoms with Crippen LogP contribution in [0.25, 0.3) is 0 Å². The molecule has 2 aromatic rings. The maximum atomic E-state index is 13.2. The first-order valence-corrected chi connectivity index (χ1v) is 9.04. The zero-order valence-corrected chi connectivity index (χ0v) is 15.4. The summed E-state index contributed by atoms with van der Waals surface area (Å²) in [6, 6.07) is 12.0. The molecule has 0 atom stereocenters. The fourth-order valence-corrected chi connectivity index (χ4v) is 3.35. The van der Waals surface area contributed by atoms with Gasteiger partial charge in [0, 0.05) is 24.8 Å². The molecule has 0 radical (unpaired) electrons. The maximum Gasteiger partial charge on any atom is 0.257 e. The number of halogens is 2. The smallest absolute Gasteiger partial charge is 0.257 e. The number of nitrogens with one attached hydrogen (secondary N) is 1. The number of likely N-dealkylation sites (tertiary alicyclic amines) is 1. The highest BCUT2D eigenvalue weighted by atomic mass is 35.5. The van der Waals surface area contributed by atoms with Crippen LogP contribution in [-0.4, -0.2) is 37.0 Å². The lowest BCUT2D eigenvalue weighted by atomic mass is 10.1. The van der Waals surface area contributed by atoms with Crippen LogP contribution < -0.4 is 10.1 Å². The number of amides is 1. The van der Waals surface area contributed by atoms with E-state index in [0.29, 0.717) is 11.4 Å². The maximum absolute atomic E-state index is 13.2. The number of ether oxygens (including phenoxy) is 1. The molecule has 1 heterocycles. The summed E-state index contributed by atoms with van der Waals surface area (Å²) < 4.78 is 19.2. The summed E-state index contributed by atoms with van der Waals surface area (Å²) in [4.78, 5) is 14.8. The van der Waals surface area contributed by atoms with Crippen molar-refractivity contribution in [2.24, 2.45) is 0 Å². The summed E-state index contributed by atoms with van der Waals surface area (Å²) in [7, 11) is 2.10. The van der Waals surface area contributed by atoms with E-state index in [0.717, 1.165) is 25.9 Å². The highest BCUT2D eigenvalue weighted by molar-refractivity contribution is 6.34. The van der Waals surface area contributed by atoms with E-state index < -0.39 is 12.6 Å². The molecule has 2 aromatic carbocycles. The summed E-state index contributed by atoms with van der Waals surface area (Å²) in [6.07, 6.45) is 2.14. The summed E-state index contributed by atoms with van der Waals surface area (Å²) in [5.41, 5.74) is 1.03. The van der Waals surface area contributed by atoms with Gasteiger partial charge in [0.15, 0.2) is 0 Å². The Kier molecular flexibility index (Phi) is 6.12. The van der Waals surface area contributed by atoms with Crippen molar-refractivity contribution in [2.75, 3.05) is 25.5 Å². The van der Waals surface area contributed by atoms with Crippen LogP contribution in [0.2, 0.25) is 5.02 Å². The third kappa shape index (κ3) is 4.54. The van der Waals surface area contributed by atoms with Gasteiger partial charge in [-0.25, -0.2) is 4.39 Å². The van der Waals surface area contributed by atoms with Crippen molar-refractivity contribution in [1.29, 1.82) is 0 Å². The lowest BCUT2D eigenvalue weighted by Crippen LogP contribution is -2.35. The van der Waals surface area contributed by atoms with Gasteiger partial charge in [-0.1, -0.05) is 29.8 Å². The second-order valence-corrected chi connectivity index (χ2v) is 6.92. The average Bonchev–Trinajstić information content (AvgIpc) is 2.63. The predicted molar refractivity (Wildman–Crippen MR) is 102 cm³/mol. The van der Waals surface area contributed by atoms with E-state index >= 15 is 0 Å². The number of anilines is 1. The molecule has 0 saturated carbocycles. The standard InChI is InChI=1S/C20H22ClFN2O2/c1-24-10-8-16(9-11-24)26-17-6-3-5-15(12-17)23-20(25)19-14(13-22)4-2-7-18(19)21/h2-7,12,16H,8-11,13H2,1H3,(H,23,25). The topological polar surface area (TPSA) is 41.6 Å². The Morgan fingerprint density at radius 3 is 2.73 bits per heavy atom. The molecule has 138 valence electrons. The monoisotopic (exact) mass is 376 g/mol. The number of nitrogens with zero attached hydrogens (tertiary/aromatic N) is 1. The zero-order valence-electron chi connectivity index (χ0n) is 14.7. The first-order chi connectivity index (χ1) is 12.6. The fourth-order valence-electron chi connectivity index (χ4n) is 3.07. The number of hydrogen-bond acceptors (Lipinski definition) is 3. The van der Waals surface area contributed by atoms with Gasteiger partial charge in [0.05, 0.1) is 10.6 Å². The van der Waals surface area contributed by atoms with Gasteiger partial charge < -0.3 is 15.0 Å². The van der Waals surface area contributed by atoms with E-state index in [1.807, 2.05) is 12.1 Å². The first-order valence-electron chi connectivity index (χ1n) is 8.67. The molecule has 0 unspecified atom stereocenters. The molecule has 0 bridgehead atoms. The molecule has 0 spiro atoms. The van der Waals surface area contributed by atoms with E-state index in [1.54, 1.807) is 30.3 Å². The largest absolute Gasteiger partial charge is 0.490 e. The Morgan fingerprint density at radius 1 is 1.27 bits per heavy atom. The first kappa shape index (κ1) is 18.7. The highest BCUT2D eigenvalue weighted by Gasteiger charge is 2.19. The van der Waals surface area contributed by atoms with Crippen LogP contribution in [0.15, 0.2) is 42.5 Å².